The molecular weight excluding hydrogens is 325 g/mol. The summed E-state index contributed by atoms with van der Waals surface area (Å²) in [6.45, 7) is 0. The third-order valence-electron chi connectivity index (χ3n) is 2.00. The van der Waals surface area contributed by atoms with Crippen molar-refractivity contribution in [2.45, 2.75) is 4.90 Å². The molecular formula is C10H7BrFN3O2S. The van der Waals surface area contributed by atoms with Gasteiger partial charge in [0.1, 0.15) is 17.0 Å². The fourth-order valence-corrected chi connectivity index (χ4v) is 3.33. The van der Waals surface area contributed by atoms with Crippen LogP contribution in [0.2, 0.25) is 0 Å². The summed E-state index contributed by atoms with van der Waals surface area (Å²) >= 11 is 3.01. The van der Waals surface area contributed by atoms with Crippen LogP contribution in [0.3, 0.4) is 0 Å². The maximum Gasteiger partial charge on any atom is 0.263 e. The molecule has 2 aromatic rings. The number of benzene rings is 1. The number of sulfonamides is 1. The van der Waals surface area contributed by atoms with Crippen LogP contribution in [-0.2, 0) is 10.0 Å². The molecule has 1 N–H and O–H groups in total. The lowest BCUT2D eigenvalue weighted by Crippen LogP contribution is -2.14. The van der Waals surface area contributed by atoms with Crippen LogP contribution in [0.4, 0.5) is 10.1 Å². The summed E-state index contributed by atoms with van der Waals surface area (Å²) in [4.78, 5) is 7.32. The number of nitrogens with zero attached hydrogens (tertiary/aromatic N) is 2. The molecule has 8 heteroatoms. The lowest BCUT2D eigenvalue weighted by molar-refractivity contribution is 0.599. The van der Waals surface area contributed by atoms with Crippen LogP contribution in [0.25, 0.3) is 0 Å². The molecule has 0 amide bonds. The van der Waals surface area contributed by atoms with Gasteiger partial charge >= 0.3 is 0 Å². The Morgan fingerprint density at radius 2 is 1.89 bits per heavy atom. The fourth-order valence-electron chi connectivity index (χ4n) is 1.26. The van der Waals surface area contributed by atoms with E-state index < -0.39 is 15.8 Å². The number of nitrogens with one attached hydrogen (secondary N) is 1. The molecule has 0 bridgehead atoms. The van der Waals surface area contributed by atoms with E-state index in [4.69, 9.17) is 0 Å². The molecule has 2 rings (SSSR count). The highest BCUT2D eigenvalue weighted by molar-refractivity contribution is 9.10. The molecule has 0 aliphatic heterocycles. The van der Waals surface area contributed by atoms with Crippen LogP contribution >= 0.6 is 15.9 Å². The van der Waals surface area contributed by atoms with Crippen molar-refractivity contribution in [2.75, 3.05) is 4.72 Å². The van der Waals surface area contributed by atoms with Crippen molar-refractivity contribution in [2.24, 2.45) is 0 Å². The third kappa shape index (κ3) is 2.82. The predicted molar refractivity (Wildman–Crippen MR) is 66.9 cm³/mol. The van der Waals surface area contributed by atoms with Crippen LogP contribution < -0.4 is 4.72 Å². The van der Waals surface area contributed by atoms with Crippen LogP contribution in [0.5, 0.6) is 0 Å². The number of hydrogen-bond acceptors (Lipinski definition) is 4. The lowest BCUT2D eigenvalue weighted by Gasteiger charge is -2.08. The van der Waals surface area contributed by atoms with Gasteiger partial charge in [-0.05, 0) is 34.1 Å². The van der Waals surface area contributed by atoms with Crippen molar-refractivity contribution in [1.82, 2.24) is 9.97 Å². The molecule has 0 radical (unpaired) electrons. The number of halogens is 2. The zero-order valence-corrected chi connectivity index (χ0v) is 11.2. The second-order valence-corrected chi connectivity index (χ2v) is 5.81. The monoisotopic (exact) mass is 331 g/mol. The number of aromatic nitrogens is 2. The summed E-state index contributed by atoms with van der Waals surface area (Å²) in [6.07, 6.45) is 3.93. The van der Waals surface area contributed by atoms with Crippen LogP contribution in [0.1, 0.15) is 0 Å². The van der Waals surface area contributed by atoms with Gasteiger partial charge in [-0.25, -0.2) is 22.8 Å². The minimum absolute atomic E-state index is 0.0623. The Morgan fingerprint density at radius 1 is 1.22 bits per heavy atom. The van der Waals surface area contributed by atoms with Crippen molar-refractivity contribution in [1.29, 1.82) is 0 Å². The van der Waals surface area contributed by atoms with Gasteiger partial charge in [-0.1, -0.05) is 0 Å². The summed E-state index contributed by atoms with van der Waals surface area (Å²) in [5, 5.41) is 0. The highest BCUT2D eigenvalue weighted by Gasteiger charge is 2.18. The highest BCUT2D eigenvalue weighted by atomic mass is 79.9. The SMILES string of the molecule is O=S(=O)(Nc1cncnc1)c1ccc(F)cc1Br. The second-order valence-electron chi connectivity index (χ2n) is 3.31. The Bertz CT molecular complexity index is 664. The molecule has 0 unspecified atom stereocenters. The lowest BCUT2D eigenvalue weighted by atomic mass is 10.3. The Hall–Kier alpha value is -1.54. The Kier molecular flexibility index (Phi) is 3.58. The molecule has 5 nitrogen and oxygen atoms in total. The van der Waals surface area contributed by atoms with E-state index in [-0.39, 0.29) is 15.1 Å². The Balaban J connectivity index is 2.37. The second kappa shape index (κ2) is 4.99. The average Bonchev–Trinajstić information content (AvgIpc) is 2.29. The molecule has 94 valence electrons. The van der Waals surface area contributed by atoms with Gasteiger partial charge in [0.2, 0.25) is 0 Å². The minimum atomic E-state index is -3.80. The first-order valence-corrected chi connectivity index (χ1v) is 6.99. The molecule has 1 aromatic heterocycles. The van der Waals surface area contributed by atoms with Crippen LogP contribution in [-0.4, -0.2) is 18.4 Å². The maximum atomic E-state index is 12.9. The molecule has 0 spiro atoms. The number of rotatable bonds is 3. The molecule has 0 saturated carbocycles. The van der Waals surface area contributed by atoms with Gasteiger partial charge in [-0.3, -0.25) is 4.72 Å². The molecule has 0 aliphatic rings. The Labute approximate surface area is 111 Å². The maximum absolute atomic E-state index is 12.9. The van der Waals surface area contributed by atoms with E-state index in [1.54, 1.807) is 0 Å². The quantitative estimate of drug-likeness (QED) is 0.935. The molecule has 18 heavy (non-hydrogen) atoms. The standard InChI is InChI=1S/C10H7BrFN3O2S/c11-9-3-7(12)1-2-10(9)18(16,17)15-8-4-13-6-14-5-8/h1-6,15H. The van der Waals surface area contributed by atoms with E-state index in [0.717, 1.165) is 12.1 Å². The van der Waals surface area contributed by atoms with Crippen molar-refractivity contribution >= 4 is 31.6 Å². The van der Waals surface area contributed by atoms with Gasteiger partial charge < -0.3 is 0 Å². The molecule has 0 aliphatic carbocycles. The number of anilines is 1. The van der Waals surface area contributed by atoms with Gasteiger partial charge in [0, 0.05) is 4.47 Å². The fraction of sp³-hybridized carbons (Fsp3) is 0. The topological polar surface area (TPSA) is 72.0 Å². The predicted octanol–water partition coefficient (Wildman–Crippen LogP) is 2.18. The van der Waals surface area contributed by atoms with E-state index in [1.165, 1.54) is 24.8 Å². The Morgan fingerprint density at radius 3 is 2.50 bits per heavy atom. The summed E-state index contributed by atoms with van der Waals surface area (Å²) in [7, 11) is -3.80. The summed E-state index contributed by atoms with van der Waals surface area (Å²) in [5.74, 6) is -0.524. The van der Waals surface area contributed by atoms with Crippen molar-refractivity contribution in [3.05, 3.63) is 47.2 Å². The summed E-state index contributed by atoms with van der Waals surface area (Å²) in [5.41, 5.74) is 0.230. The van der Waals surface area contributed by atoms with Gasteiger partial charge in [-0.2, -0.15) is 0 Å². The molecule has 0 fully saturated rings. The third-order valence-corrected chi connectivity index (χ3v) is 4.35. The summed E-state index contributed by atoms with van der Waals surface area (Å²) < 4.78 is 39.4. The van der Waals surface area contributed by atoms with Crippen molar-refractivity contribution in [3.63, 3.8) is 0 Å². The first kappa shape index (κ1) is 12.9. The molecule has 0 atom stereocenters. The average molecular weight is 332 g/mol. The van der Waals surface area contributed by atoms with Crippen molar-refractivity contribution < 1.29 is 12.8 Å². The van der Waals surface area contributed by atoms with Crippen LogP contribution in [0.15, 0.2) is 46.3 Å². The zero-order valence-electron chi connectivity index (χ0n) is 8.84. The minimum Gasteiger partial charge on any atom is -0.276 e. The zero-order chi connectivity index (χ0) is 13.2. The van der Waals surface area contributed by atoms with Gasteiger partial charge in [0.05, 0.1) is 18.1 Å². The first-order valence-electron chi connectivity index (χ1n) is 4.72. The van der Waals surface area contributed by atoms with Gasteiger partial charge in [-0.15, -0.1) is 0 Å². The first-order chi connectivity index (χ1) is 8.49. The highest BCUT2D eigenvalue weighted by Crippen LogP contribution is 2.24. The van der Waals surface area contributed by atoms with E-state index in [2.05, 4.69) is 30.6 Å². The largest absolute Gasteiger partial charge is 0.276 e. The van der Waals surface area contributed by atoms with E-state index in [1.807, 2.05) is 0 Å². The smallest absolute Gasteiger partial charge is 0.263 e. The molecule has 1 aromatic carbocycles. The van der Waals surface area contributed by atoms with Crippen LogP contribution in [0, 0.1) is 5.82 Å². The van der Waals surface area contributed by atoms with E-state index >= 15 is 0 Å². The molecule has 1 heterocycles. The summed E-state index contributed by atoms with van der Waals surface area (Å²) in [6, 6.07) is 3.32. The normalized spacial score (nSPS) is 11.2. The van der Waals surface area contributed by atoms with Crippen molar-refractivity contribution in [3.8, 4) is 0 Å². The van der Waals surface area contributed by atoms with Gasteiger partial charge in [0.15, 0.2) is 0 Å². The molecule has 0 saturated heterocycles. The number of hydrogen-bond donors (Lipinski definition) is 1. The van der Waals surface area contributed by atoms with Gasteiger partial charge in [0.25, 0.3) is 10.0 Å². The van der Waals surface area contributed by atoms with E-state index in [9.17, 15) is 12.8 Å². The van der Waals surface area contributed by atoms with E-state index in [0.29, 0.717) is 0 Å².